The van der Waals surface area contributed by atoms with E-state index in [0.29, 0.717) is 5.75 Å². The third-order valence-corrected chi connectivity index (χ3v) is 5.19. The summed E-state index contributed by atoms with van der Waals surface area (Å²) in [7, 11) is 4.93. The Morgan fingerprint density at radius 1 is 1.50 bits per heavy atom. The van der Waals surface area contributed by atoms with Crippen LogP contribution < -0.4 is 4.74 Å². The van der Waals surface area contributed by atoms with Crippen molar-refractivity contribution in [2.75, 3.05) is 18.6 Å². The van der Waals surface area contributed by atoms with Crippen LogP contribution in [0.25, 0.3) is 0 Å². The molecule has 98 valence electrons. The highest BCUT2D eigenvalue weighted by Crippen LogP contribution is 2.23. The lowest BCUT2D eigenvalue weighted by molar-refractivity contribution is 0.413. The molecule has 0 N–H and O–H groups in total. The van der Waals surface area contributed by atoms with Gasteiger partial charge in [0.15, 0.2) is 4.90 Å². The van der Waals surface area contributed by atoms with Crippen LogP contribution in [0.3, 0.4) is 0 Å². The lowest BCUT2D eigenvalue weighted by atomic mass is 10.3. The summed E-state index contributed by atoms with van der Waals surface area (Å²) in [5, 5.41) is 1.96. The molecule has 0 saturated carbocycles. The summed E-state index contributed by atoms with van der Waals surface area (Å²) in [5.74, 6) is 2.17. The molecule has 1 aromatic carbocycles. The average molecular weight is 300 g/mol. The zero-order valence-electron chi connectivity index (χ0n) is 10.2. The van der Waals surface area contributed by atoms with Gasteiger partial charge in [-0.15, -0.1) is 6.58 Å². The molecule has 0 heterocycles. The van der Waals surface area contributed by atoms with Crippen LogP contribution in [0.2, 0.25) is 0 Å². The molecule has 5 heteroatoms. The molecule has 0 aliphatic carbocycles. The molecule has 0 saturated heterocycles. The molecular formula is C13H16O2S3. The van der Waals surface area contributed by atoms with Gasteiger partial charge in [0.1, 0.15) is 11.5 Å². The topological polar surface area (TPSA) is 32.3 Å². The zero-order valence-corrected chi connectivity index (χ0v) is 12.7. The Morgan fingerprint density at radius 2 is 2.33 bits per heavy atom. The van der Waals surface area contributed by atoms with Crippen LogP contribution in [0.4, 0.5) is 0 Å². The van der Waals surface area contributed by atoms with Crippen molar-refractivity contribution < 1.29 is 9.29 Å². The Balaban J connectivity index is 2.39. The van der Waals surface area contributed by atoms with E-state index in [1.54, 1.807) is 28.7 Å². The van der Waals surface area contributed by atoms with Gasteiger partial charge in [0.25, 0.3) is 0 Å². The molecule has 1 atom stereocenters. The van der Waals surface area contributed by atoms with Crippen molar-refractivity contribution in [2.24, 2.45) is 0 Å². The fraction of sp³-hybridized carbons (Fsp3) is 0.231. The molecule has 0 radical (unpaired) electrons. The minimum atomic E-state index is -1.01. The monoisotopic (exact) mass is 300 g/mol. The molecule has 0 amide bonds. The first-order valence-corrected chi connectivity index (χ1v) is 9.04. The number of methoxy groups -OCH3 is 1. The van der Waals surface area contributed by atoms with Crippen molar-refractivity contribution in [2.45, 2.75) is 4.90 Å². The first kappa shape index (κ1) is 15.6. The van der Waals surface area contributed by atoms with Crippen molar-refractivity contribution in [3.63, 3.8) is 0 Å². The summed E-state index contributed by atoms with van der Waals surface area (Å²) in [6.45, 7) is 3.64. The number of hydrogen-bond acceptors (Lipinski definition) is 4. The van der Waals surface area contributed by atoms with E-state index < -0.39 is 11.2 Å². The van der Waals surface area contributed by atoms with Crippen LogP contribution in [0.15, 0.2) is 53.3 Å². The summed E-state index contributed by atoms with van der Waals surface area (Å²) in [6, 6.07) is 7.36. The van der Waals surface area contributed by atoms with Gasteiger partial charge < -0.3 is 9.29 Å². The molecule has 0 aliphatic rings. The molecule has 0 aliphatic heterocycles. The standard InChI is InChI=1S/C13H16O2S3/c1-3-8-16-17-9-5-10-18(14)13-7-4-6-12(11-13)15-2/h3-7,9,11H,1,8,10H2,2H3. The predicted molar refractivity (Wildman–Crippen MR) is 83.7 cm³/mol. The smallest absolute Gasteiger partial charge is 0.156 e. The Bertz CT molecular complexity index is 394. The summed E-state index contributed by atoms with van der Waals surface area (Å²) >= 11 is -1.01. The van der Waals surface area contributed by atoms with E-state index in [9.17, 15) is 4.55 Å². The fourth-order valence-corrected chi connectivity index (χ4v) is 3.62. The molecule has 0 spiro atoms. The van der Waals surface area contributed by atoms with E-state index in [1.807, 2.05) is 41.8 Å². The zero-order chi connectivity index (χ0) is 13.2. The Labute approximate surface area is 119 Å². The molecular weight excluding hydrogens is 284 g/mol. The minimum Gasteiger partial charge on any atom is -0.611 e. The lowest BCUT2D eigenvalue weighted by Gasteiger charge is -2.08. The summed E-state index contributed by atoms with van der Waals surface area (Å²) < 4.78 is 17.1. The maximum atomic E-state index is 12.0. The lowest BCUT2D eigenvalue weighted by Crippen LogP contribution is -2.04. The second kappa shape index (κ2) is 9.44. The highest BCUT2D eigenvalue weighted by atomic mass is 33.1. The van der Waals surface area contributed by atoms with Crippen LogP contribution >= 0.6 is 21.6 Å². The molecule has 0 aromatic heterocycles. The van der Waals surface area contributed by atoms with Gasteiger partial charge in [-0.25, -0.2) is 0 Å². The number of benzene rings is 1. The molecule has 1 rings (SSSR count). The number of hydrogen-bond donors (Lipinski definition) is 0. The van der Waals surface area contributed by atoms with E-state index >= 15 is 0 Å². The highest BCUT2D eigenvalue weighted by molar-refractivity contribution is 8.77. The molecule has 0 bridgehead atoms. The van der Waals surface area contributed by atoms with Crippen molar-refractivity contribution in [3.8, 4) is 5.75 Å². The highest BCUT2D eigenvalue weighted by Gasteiger charge is 2.09. The van der Waals surface area contributed by atoms with Gasteiger partial charge in [-0.1, -0.05) is 33.7 Å². The van der Waals surface area contributed by atoms with Gasteiger partial charge in [0, 0.05) is 11.8 Å². The van der Waals surface area contributed by atoms with Crippen molar-refractivity contribution in [3.05, 3.63) is 48.4 Å². The maximum absolute atomic E-state index is 12.0. The van der Waals surface area contributed by atoms with Crippen LogP contribution in [-0.2, 0) is 11.2 Å². The van der Waals surface area contributed by atoms with Crippen molar-refractivity contribution in [1.82, 2.24) is 0 Å². The second-order valence-corrected chi connectivity index (χ2v) is 7.05. The quantitative estimate of drug-likeness (QED) is 0.316. The van der Waals surface area contributed by atoms with Gasteiger partial charge in [0.2, 0.25) is 0 Å². The minimum absolute atomic E-state index is 0.523. The third-order valence-electron chi connectivity index (χ3n) is 1.96. The van der Waals surface area contributed by atoms with Crippen LogP contribution in [-0.4, -0.2) is 23.2 Å². The largest absolute Gasteiger partial charge is 0.611 e. The molecule has 18 heavy (non-hydrogen) atoms. The van der Waals surface area contributed by atoms with Gasteiger partial charge >= 0.3 is 0 Å². The van der Waals surface area contributed by atoms with Crippen LogP contribution in [0.5, 0.6) is 5.75 Å². The van der Waals surface area contributed by atoms with Crippen molar-refractivity contribution >= 4 is 32.8 Å². The van der Waals surface area contributed by atoms with Crippen LogP contribution in [0, 0.1) is 0 Å². The number of ether oxygens (including phenoxy) is 1. The van der Waals surface area contributed by atoms with E-state index in [-0.39, 0.29) is 0 Å². The van der Waals surface area contributed by atoms with Crippen molar-refractivity contribution in [1.29, 1.82) is 0 Å². The summed E-state index contributed by atoms with van der Waals surface area (Å²) in [4.78, 5) is 0.794. The average Bonchev–Trinajstić information content (AvgIpc) is 2.42. The first-order chi connectivity index (χ1) is 8.77. The fourth-order valence-electron chi connectivity index (χ4n) is 1.13. The van der Waals surface area contributed by atoms with E-state index in [2.05, 4.69) is 6.58 Å². The van der Waals surface area contributed by atoms with Gasteiger partial charge in [-0.05, 0) is 34.8 Å². The molecule has 0 fully saturated rings. The molecule has 2 nitrogen and oxygen atoms in total. The van der Waals surface area contributed by atoms with Gasteiger partial charge in [-0.2, -0.15) is 0 Å². The normalized spacial score (nSPS) is 12.6. The van der Waals surface area contributed by atoms with E-state index in [4.69, 9.17) is 4.74 Å². The summed E-state index contributed by atoms with van der Waals surface area (Å²) in [5.41, 5.74) is 0. The maximum Gasteiger partial charge on any atom is 0.156 e. The Morgan fingerprint density at radius 3 is 3.06 bits per heavy atom. The van der Waals surface area contributed by atoms with Crippen LogP contribution in [0.1, 0.15) is 0 Å². The molecule has 1 unspecified atom stereocenters. The summed E-state index contributed by atoms with van der Waals surface area (Å²) in [6.07, 6.45) is 3.79. The van der Waals surface area contributed by atoms with E-state index in [1.165, 1.54) is 0 Å². The van der Waals surface area contributed by atoms with Gasteiger partial charge in [0.05, 0.1) is 7.11 Å². The van der Waals surface area contributed by atoms with E-state index in [0.717, 1.165) is 16.4 Å². The first-order valence-electron chi connectivity index (χ1n) is 5.34. The van der Waals surface area contributed by atoms with Gasteiger partial charge in [-0.3, -0.25) is 0 Å². The number of rotatable bonds is 8. The SMILES string of the molecule is C=CCSSC=CC[S+]([O-])c1cccc(OC)c1. The third kappa shape index (κ3) is 5.91. The second-order valence-electron chi connectivity index (χ2n) is 3.23. The Kier molecular flexibility index (Phi) is 8.17. The molecule has 1 aromatic rings. The Hall–Kier alpha value is -0.490. The predicted octanol–water partition coefficient (Wildman–Crippen LogP) is 3.88.